The number of carbonyl (C=O) groups is 1. The molecule has 2 rings (SSSR count). The lowest BCUT2D eigenvalue weighted by Gasteiger charge is -2.08. The van der Waals surface area contributed by atoms with Gasteiger partial charge >= 0.3 is 6.09 Å². The number of carbonyl (C=O) groups excluding carboxylic acids is 1. The van der Waals surface area contributed by atoms with Crippen molar-refractivity contribution < 1.29 is 9.53 Å². The first-order chi connectivity index (χ1) is 9.65. The summed E-state index contributed by atoms with van der Waals surface area (Å²) in [5.74, 6) is 0.813. The number of amides is 1. The number of ether oxygens (including phenoxy) is 1. The zero-order valence-corrected chi connectivity index (χ0v) is 11.7. The first-order valence-corrected chi connectivity index (χ1v) is 6.53. The van der Waals surface area contributed by atoms with Crippen molar-refractivity contribution in [3.63, 3.8) is 0 Å². The van der Waals surface area contributed by atoms with Crippen molar-refractivity contribution in [1.29, 1.82) is 0 Å². The summed E-state index contributed by atoms with van der Waals surface area (Å²) in [6.45, 7) is 1.96. The zero-order chi connectivity index (χ0) is 14.4. The van der Waals surface area contributed by atoms with E-state index in [1.54, 1.807) is 13.0 Å². The van der Waals surface area contributed by atoms with Crippen LogP contribution in [0.1, 0.15) is 23.7 Å². The maximum Gasteiger partial charge on any atom is 0.413 e. The minimum absolute atomic E-state index is 0.205. The van der Waals surface area contributed by atoms with Gasteiger partial charge in [0.15, 0.2) is 0 Å². The van der Waals surface area contributed by atoms with Crippen LogP contribution in [0.25, 0.3) is 0 Å². The first-order valence-electron chi connectivity index (χ1n) is 6.10. The molecule has 0 aliphatic rings. The SMILES string of the molecule is CC(Cl)c1nccc(NC(=O)OCc2ccccc2)n1. The Kier molecular flexibility index (Phi) is 4.90. The van der Waals surface area contributed by atoms with Gasteiger partial charge in [0.05, 0.1) is 5.38 Å². The molecule has 0 aliphatic carbocycles. The highest BCUT2D eigenvalue weighted by Gasteiger charge is 2.08. The van der Waals surface area contributed by atoms with Crippen LogP contribution in [0, 0.1) is 0 Å². The number of benzene rings is 1. The van der Waals surface area contributed by atoms with Crippen LogP contribution in [-0.4, -0.2) is 16.1 Å². The fourth-order valence-corrected chi connectivity index (χ4v) is 1.60. The smallest absolute Gasteiger partial charge is 0.413 e. The highest BCUT2D eigenvalue weighted by atomic mass is 35.5. The standard InChI is InChI=1S/C14H14ClN3O2/c1-10(15)13-16-8-7-12(17-13)18-14(19)20-9-11-5-3-2-4-6-11/h2-8,10H,9H2,1H3,(H,16,17,18,19). The van der Waals surface area contributed by atoms with Gasteiger partial charge in [0.25, 0.3) is 0 Å². The van der Waals surface area contributed by atoms with E-state index in [9.17, 15) is 4.79 Å². The topological polar surface area (TPSA) is 64.1 Å². The number of alkyl halides is 1. The number of aromatic nitrogens is 2. The van der Waals surface area contributed by atoms with Crippen LogP contribution < -0.4 is 5.32 Å². The second kappa shape index (κ2) is 6.86. The van der Waals surface area contributed by atoms with Crippen molar-refractivity contribution >= 4 is 23.5 Å². The van der Waals surface area contributed by atoms with Crippen LogP contribution in [0.3, 0.4) is 0 Å². The van der Waals surface area contributed by atoms with E-state index in [4.69, 9.17) is 16.3 Å². The average molecular weight is 292 g/mol. The van der Waals surface area contributed by atoms with Crippen molar-refractivity contribution in [3.05, 3.63) is 54.0 Å². The van der Waals surface area contributed by atoms with E-state index < -0.39 is 6.09 Å². The van der Waals surface area contributed by atoms with Crippen LogP contribution in [0.2, 0.25) is 0 Å². The van der Waals surface area contributed by atoms with Gasteiger partial charge in [0, 0.05) is 6.20 Å². The fourth-order valence-electron chi connectivity index (χ4n) is 1.50. The molecule has 0 saturated heterocycles. The molecule has 0 aliphatic heterocycles. The van der Waals surface area contributed by atoms with E-state index >= 15 is 0 Å². The summed E-state index contributed by atoms with van der Waals surface area (Å²) >= 11 is 5.88. The molecule has 1 unspecified atom stereocenters. The third-order valence-electron chi connectivity index (χ3n) is 2.47. The summed E-state index contributed by atoms with van der Waals surface area (Å²) in [5, 5.41) is 2.21. The molecule has 0 saturated carbocycles. The third-order valence-corrected chi connectivity index (χ3v) is 2.67. The number of rotatable bonds is 4. The molecule has 6 heteroatoms. The normalized spacial score (nSPS) is 11.7. The molecule has 20 heavy (non-hydrogen) atoms. The Morgan fingerprint density at radius 2 is 2.10 bits per heavy atom. The Bertz CT molecular complexity index is 576. The van der Waals surface area contributed by atoms with Crippen LogP contribution in [0.15, 0.2) is 42.6 Å². The molecule has 1 heterocycles. The van der Waals surface area contributed by atoms with Gasteiger partial charge in [-0.15, -0.1) is 11.6 Å². The predicted octanol–water partition coefficient (Wildman–Crippen LogP) is 3.53. The Balaban J connectivity index is 1.90. The van der Waals surface area contributed by atoms with Crippen molar-refractivity contribution in [1.82, 2.24) is 9.97 Å². The zero-order valence-electron chi connectivity index (χ0n) is 10.9. The summed E-state index contributed by atoms with van der Waals surface area (Å²) in [6, 6.07) is 11.0. The Labute approximate surface area is 122 Å². The van der Waals surface area contributed by atoms with Gasteiger partial charge in [-0.2, -0.15) is 0 Å². The van der Waals surface area contributed by atoms with Crippen molar-refractivity contribution in [2.45, 2.75) is 18.9 Å². The molecule has 0 bridgehead atoms. The molecule has 0 spiro atoms. The lowest BCUT2D eigenvalue weighted by molar-refractivity contribution is 0.155. The predicted molar refractivity (Wildman–Crippen MR) is 76.5 cm³/mol. The summed E-state index contributed by atoms with van der Waals surface area (Å²) < 4.78 is 5.09. The molecule has 1 aromatic carbocycles. The molecule has 1 amide bonds. The van der Waals surface area contributed by atoms with Crippen molar-refractivity contribution in [2.24, 2.45) is 0 Å². The molecule has 5 nitrogen and oxygen atoms in total. The van der Waals surface area contributed by atoms with Crippen molar-refractivity contribution in [2.75, 3.05) is 5.32 Å². The monoisotopic (exact) mass is 291 g/mol. The minimum Gasteiger partial charge on any atom is -0.444 e. The quantitative estimate of drug-likeness (QED) is 0.875. The number of anilines is 1. The molecule has 104 valence electrons. The average Bonchev–Trinajstić information content (AvgIpc) is 2.46. The molecule has 1 N–H and O–H groups in total. The minimum atomic E-state index is -0.569. The van der Waals surface area contributed by atoms with Gasteiger partial charge in [-0.3, -0.25) is 5.32 Å². The summed E-state index contributed by atoms with van der Waals surface area (Å²) in [7, 11) is 0. The van der Waals surface area contributed by atoms with E-state index in [2.05, 4.69) is 15.3 Å². The number of hydrogen-bond donors (Lipinski definition) is 1. The number of halogens is 1. The Morgan fingerprint density at radius 3 is 2.80 bits per heavy atom. The van der Waals surface area contributed by atoms with Gasteiger partial charge in [-0.1, -0.05) is 30.3 Å². The summed E-state index contributed by atoms with van der Waals surface area (Å²) in [5.41, 5.74) is 0.917. The van der Waals surface area contributed by atoms with Gasteiger partial charge in [-0.05, 0) is 18.6 Å². The Hall–Kier alpha value is -2.14. The lowest BCUT2D eigenvalue weighted by Crippen LogP contribution is -2.15. The Morgan fingerprint density at radius 1 is 1.35 bits per heavy atom. The molecule has 0 radical (unpaired) electrons. The van der Waals surface area contributed by atoms with Gasteiger partial charge in [0.1, 0.15) is 18.2 Å². The molecule has 2 aromatic rings. The molecular formula is C14H14ClN3O2. The van der Waals surface area contributed by atoms with E-state index in [1.807, 2.05) is 30.3 Å². The van der Waals surface area contributed by atoms with Crippen LogP contribution in [0.5, 0.6) is 0 Å². The van der Waals surface area contributed by atoms with E-state index in [1.165, 1.54) is 6.20 Å². The van der Waals surface area contributed by atoms with Gasteiger partial charge < -0.3 is 4.74 Å². The highest BCUT2D eigenvalue weighted by Crippen LogP contribution is 2.15. The number of nitrogens with one attached hydrogen (secondary N) is 1. The van der Waals surface area contributed by atoms with Gasteiger partial charge in [-0.25, -0.2) is 14.8 Å². The van der Waals surface area contributed by atoms with Crippen LogP contribution in [-0.2, 0) is 11.3 Å². The number of hydrogen-bond acceptors (Lipinski definition) is 4. The lowest BCUT2D eigenvalue weighted by atomic mass is 10.2. The third kappa shape index (κ3) is 4.20. The van der Waals surface area contributed by atoms with E-state index in [-0.39, 0.29) is 12.0 Å². The summed E-state index contributed by atoms with van der Waals surface area (Å²) in [4.78, 5) is 19.8. The summed E-state index contributed by atoms with van der Waals surface area (Å²) in [6.07, 6.45) is 0.967. The second-order valence-corrected chi connectivity index (χ2v) is 4.76. The van der Waals surface area contributed by atoms with E-state index in [0.717, 1.165) is 5.56 Å². The second-order valence-electron chi connectivity index (χ2n) is 4.10. The molecule has 1 atom stereocenters. The largest absolute Gasteiger partial charge is 0.444 e. The molecular weight excluding hydrogens is 278 g/mol. The maximum absolute atomic E-state index is 11.6. The number of nitrogens with zero attached hydrogens (tertiary/aromatic N) is 2. The van der Waals surface area contributed by atoms with E-state index in [0.29, 0.717) is 11.6 Å². The van der Waals surface area contributed by atoms with Crippen LogP contribution >= 0.6 is 11.6 Å². The molecule has 0 fully saturated rings. The maximum atomic E-state index is 11.6. The fraction of sp³-hybridized carbons (Fsp3) is 0.214. The van der Waals surface area contributed by atoms with Crippen LogP contribution in [0.4, 0.5) is 10.6 Å². The highest BCUT2D eigenvalue weighted by molar-refractivity contribution is 6.20. The van der Waals surface area contributed by atoms with Crippen molar-refractivity contribution in [3.8, 4) is 0 Å². The molecule has 1 aromatic heterocycles. The van der Waals surface area contributed by atoms with Gasteiger partial charge in [0.2, 0.25) is 0 Å². The first kappa shape index (κ1) is 14.3.